The summed E-state index contributed by atoms with van der Waals surface area (Å²) in [6, 6.07) is 11.3. The normalized spacial score (nSPS) is 26.4. The molecule has 0 bridgehead atoms. The number of para-hydroxylation sites is 1. The fourth-order valence-corrected chi connectivity index (χ4v) is 4.96. The summed E-state index contributed by atoms with van der Waals surface area (Å²) in [6.45, 7) is 7.02. The van der Waals surface area contributed by atoms with Crippen LogP contribution in [0.25, 0.3) is 0 Å². The van der Waals surface area contributed by atoms with Gasteiger partial charge in [-0.2, -0.15) is 0 Å². The number of benzene rings is 2. The topological polar surface area (TPSA) is 148 Å². The first-order chi connectivity index (χ1) is 18.9. The van der Waals surface area contributed by atoms with Crippen molar-refractivity contribution in [1.82, 2.24) is 20.9 Å². The van der Waals surface area contributed by atoms with Gasteiger partial charge < -0.3 is 31.1 Å². The van der Waals surface area contributed by atoms with E-state index in [-0.39, 0.29) is 23.7 Å². The minimum absolute atomic E-state index is 0.0301. The molecule has 216 valence electrons. The van der Waals surface area contributed by atoms with Gasteiger partial charge in [-0.1, -0.05) is 63.2 Å². The highest BCUT2D eigenvalue weighted by atomic mass is 16.3. The monoisotopic (exact) mass is 552 g/mol. The summed E-state index contributed by atoms with van der Waals surface area (Å²) >= 11 is 0. The van der Waals surface area contributed by atoms with Crippen LogP contribution in [0.3, 0.4) is 0 Å². The molecule has 5 N–H and O–H groups in total. The molecule has 0 radical (unpaired) electrons. The number of likely N-dealkylation sites (N-methyl/N-ethyl adjacent to an activating group) is 1. The van der Waals surface area contributed by atoms with E-state index in [0.717, 1.165) is 5.56 Å². The highest BCUT2D eigenvalue weighted by molar-refractivity contribution is 6.00. The van der Waals surface area contributed by atoms with E-state index < -0.39 is 59.8 Å². The Morgan fingerprint density at radius 1 is 0.975 bits per heavy atom. The zero-order valence-electron chi connectivity index (χ0n) is 23.6. The molecule has 1 aliphatic rings. The zero-order valence-corrected chi connectivity index (χ0v) is 23.6. The quantitative estimate of drug-likeness (QED) is 0.368. The maximum Gasteiger partial charge on any atom is 0.255 e. The predicted molar refractivity (Wildman–Crippen MR) is 150 cm³/mol. The van der Waals surface area contributed by atoms with Crippen LogP contribution in [0.15, 0.2) is 54.6 Å². The largest absolute Gasteiger partial charge is 0.507 e. The van der Waals surface area contributed by atoms with Crippen molar-refractivity contribution in [1.29, 1.82) is 0 Å². The van der Waals surface area contributed by atoms with Gasteiger partial charge >= 0.3 is 0 Å². The summed E-state index contributed by atoms with van der Waals surface area (Å²) in [5.41, 5.74) is 0.804. The molecule has 4 amide bonds. The van der Waals surface area contributed by atoms with Gasteiger partial charge in [0, 0.05) is 7.05 Å². The van der Waals surface area contributed by atoms with Gasteiger partial charge in [-0.25, -0.2) is 0 Å². The smallest absolute Gasteiger partial charge is 0.255 e. The molecule has 0 saturated carbocycles. The molecular formula is C30H40N4O6. The van der Waals surface area contributed by atoms with Crippen LogP contribution >= 0.6 is 0 Å². The molecule has 10 heteroatoms. The number of aliphatic hydroxyl groups excluding tert-OH is 1. The molecule has 40 heavy (non-hydrogen) atoms. The summed E-state index contributed by atoms with van der Waals surface area (Å²) in [6.07, 6.45) is -0.699. The molecule has 1 heterocycles. The Bertz CT molecular complexity index is 1200. The maximum atomic E-state index is 13.7. The van der Waals surface area contributed by atoms with Crippen molar-refractivity contribution in [3.8, 4) is 5.75 Å². The van der Waals surface area contributed by atoms with E-state index in [1.165, 1.54) is 24.1 Å². The standard InChI is InChI=1S/C30H40N4O6/c1-17(2)15-23-28(38)31-19(4)25(33-27(37)21-13-9-10-14-24(21)35)29(39)32-22(16-20-11-7-6-8-12-20)26(36)18(3)30(40)34(23)5/h6-14,17-19,22-23,25-26,35-36H,15-16H2,1-5H3,(H,31,38)(H,32,39)(H,33,37)/t18-,19-,22+,23?,25+,26+/m1/s1. The summed E-state index contributed by atoms with van der Waals surface area (Å²) < 4.78 is 0. The van der Waals surface area contributed by atoms with Crippen molar-refractivity contribution in [2.24, 2.45) is 11.8 Å². The lowest BCUT2D eigenvalue weighted by Gasteiger charge is -2.37. The molecule has 3 rings (SSSR count). The number of amides is 4. The number of rotatable bonds is 6. The predicted octanol–water partition coefficient (Wildman–Crippen LogP) is 1.61. The second-order valence-corrected chi connectivity index (χ2v) is 10.9. The van der Waals surface area contributed by atoms with E-state index in [0.29, 0.717) is 6.42 Å². The summed E-state index contributed by atoms with van der Waals surface area (Å²) in [7, 11) is 1.54. The molecular weight excluding hydrogens is 512 g/mol. The third-order valence-corrected chi connectivity index (χ3v) is 7.34. The molecule has 0 aliphatic carbocycles. The van der Waals surface area contributed by atoms with Gasteiger partial charge in [-0.3, -0.25) is 19.2 Å². The lowest BCUT2D eigenvalue weighted by molar-refractivity contribution is -0.146. The van der Waals surface area contributed by atoms with Crippen molar-refractivity contribution in [2.45, 2.75) is 70.8 Å². The number of nitrogens with one attached hydrogen (secondary N) is 3. The van der Waals surface area contributed by atoms with Crippen LogP contribution in [-0.4, -0.2) is 76.1 Å². The average Bonchev–Trinajstić information content (AvgIpc) is 2.92. The van der Waals surface area contributed by atoms with Crippen molar-refractivity contribution in [3.05, 3.63) is 65.7 Å². The van der Waals surface area contributed by atoms with Gasteiger partial charge in [0.15, 0.2) is 0 Å². The minimum atomic E-state index is -1.29. The Labute approximate surface area is 235 Å². The number of hydrogen-bond donors (Lipinski definition) is 5. The molecule has 2 aromatic carbocycles. The van der Waals surface area contributed by atoms with Crippen LogP contribution in [0.1, 0.15) is 50.0 Å². The zero-order chi connectivity index (χ0) is 29.6. The van der Waals surface area contributed by atoms with Gasteiger partial charge in [0.05, 0.1) is 29.7 Å². The number of hydrogen-bond acceptors (Lipinski definition) is 6. The molecule has 1 aliphatic heterocycles. The first-order valence-electron chi connectivity index (χ1n) is 13.6. The fraction of sp³-hybridized carbons (Fsp3) is 0.467. The minimum Gasteiger partial charge on any atom is -0.507 e. The van der Waals surface area contributed by atoms with Gasteiger partial charge in [0.25, 0.3) is 5.91 Å². The van der Waals surface area contributed by atoms with E-state index >= 15 is 0 Å². The fourth-order valence-electron chi connectivity index (χ4n) is 4.96. The van der Waals surface area contributed by atoms with Crippen LogP contribution in [-0.2, 0) is 20.8 Å². The first kappa shape index (κ1) is 30.6. The maximum absolute atomic E-state index is 13.7. The van der Waals surface area contributed by atoms with Crippen molar-refractivity contribution >= 4 is 23.6 Å². The van der Waals surface area contributed by atoms with E-state index in [2.05, 4.69) is 16.0 Å². The molecule has 0 spiro atoms. The van der Waals surface area contributed by atoms with Crippen molar-refractivity contribution in [3.63, 3.8) is 0 Å². The molecule has 1 saturated heterocycles. The van der Waals surface area contributed by atoms with Crippen LogP contribution in [0, 0.1) is 11.8 Å². The highest BCUT2D eigenvalue weighted by Gasteiger charge is 2.40. The van der Waals surface area contributed by atoms with Gasteiger partial charge in [-0.15, -0.1) is 0 Å². The number of aliphatic hydroxyl groups is 1. The van der Waals surface area contributed by atoms with Crippen LogP contribution < -0.4 is 16.0 Å². The number of aromatic hydroxyl groups is 1. The summed E-state index contributed by atoms with van der Waals surface area (Å²) in [4.78, 5) is 55.1. The summed E-state index contributed by atoms with van der Waals surface area (Å²) in [5, 5.41) is 29.8. The molecule has 1 unspecified atom stereocenters. The SMILES string of the molecule is CC(C)CC1C(=O)N[C@H](C)[C@H](NC(=O)c2ccccc2O)C(=O)N[C@@H](Cc2ccccc2)[C@@H](O)[C@@H](C)C(=O)N1C. The number of nitrogens with zero attached hydrogens (tertiary/aromatic N) is 1. The number of carbonyl (C=O) groups excluding carboxylic acids is 4. The number of carbonyl (C=O) groups is 4. The lowest BCUT2D eigenvalue weighted by atomic mass is 9.90. The first-order valence-corrected chi connectivity index (χ1v) is 13.6. The van der Waals surface area contributed by atoms with Gasteiger partial charge in [0.1, 0.15) is 17.8 Å². The Morgan fingerprint density at radius 2 is 1.60 bits per heavy atom. The second-order valence-electron chi connectivity index (χ2n) is 10.9. The van der Waals surface area contributed by atoms with Crippen molar-refractivity contribution in [2.75, 3.05) is 7.05 Å². The number of phenolic OH excluding ortho intramolecular Hbond substituents is 1. The van der Waals surface area contributed by atoms with Crippen LogP contribution in [0.2, 0.25) is 0 Å². The Morgan fingerprint density at radius 3 is 2.23 bits per heavy atom. The average molecular weight is 553 g/mol. The molecule has 6 atom stereocenters. The van der Waals surface area contributed by atoms with Crippen molar-refractivity contribution < 1.29 is 29.4 Å². The molecule has 2 aromatic rings. The van der Waals surface area contributed by atoms with Crippen LogP contribution in [0.4, 0.5) is 0 Å². The number of phenols is 1. The summed E-state index contributed by atoms with van der Waals surface area (Å²) in [5.74, 6) is -3.37. The van der Waals surface area contributed by atoms with E-state index in [4.69, 9.17) is 0 Å². The van der Waals surface area contributed by atoms with E-state index in [1.807, 2.05) is 44.2 Å². The second kappa shape index (κ2) is 13.4. The highest BCUT2D eigenvalue weighted by Crippen LogP contribution is 2.21. The van der Waals surface area contributed by atoms with Gasteiger partial charge in [-0.05, 0) is 43.4 Å². The molecule has 10 nitrogen and oxygen atoms in total. The molecule has 0 aromatic heterocycles. The van der Waals surface area contributed by atoms with Crippen LogP contribution in [0.5, 0.6) is 5.75 Å². The van der Waals surface area contributed by atoms with Gasteiger partial charge in [0.2, 0.25) is 17.7 Å². The third kappa shape index (κ3) is 7.38. The van der Waals surface area contributed by atoms with E-state index in [9.17, 15) is 29.4 Å². The Hall–Kier alpha value is -3.92. The third-order valence-electron chi connectivity index (χ3n) is 7.34. The Balaban J connectivity index is 2.03. The molecule has 1 fully saturated rings. The Kier molecular flexibility index (Phi) is 10.3. The lowest BCUT2D eigenvalue weighted by Crippen LogP contribution is -2.64. The van der Waals surface area contributed by atoms with E-state index in [1.54, 1.807) is 26.0 Å².